The molecule has 0 unspecified atom stereocenters. The lowest BCUT2D eigenvalue weighted by Crippen LogP contribution is -2.46. The molecule has 2 aliphatic heterocycles. The van der Waals surface area contributed by atoms with Gasteiger partial charge in [0.2, 0.25) is 0 Å². The third kappa shape index (κ3) is 2.13. The van der Waals surface area contributed by atoms with Crippen LogP contribution in [0.5, 0.6) is 0 Å². The topological polar surface area (TPSA) is 32.7 Å². The van der Waals surface area contributed by atoms with E-state index in [2.05, 4.69) is 4.90 Å². The molecule has 3 nitrogen and oxygen atoms in total. The monoisotopic (exact) mass is 239 g/mol. The van der Waals surface area contributed by atoms with E-state index >= 15 is 0 Å². The Bertz CT molecular complexity index is 267. The Balaban J connectivity index is 1.47. The Hall–Kier alpha value is -0.120. The van der Waals surface area contributed by atoms with Gasteiger partial charge in [0.25, 0.3) is 0 Å². The second-order valence-electron chi connectivity index (χ2n) is 6.21. The fourth-order valence-corrected chi connectivity index (χ4v) is 3.84. The summed E-state index contributed by atoms with van der Waals surface area (Å²) < 4.78 is 5.90. The summed E-state index contributed by atoms with van der Waals surface area (Å²) in [5.74, 6) is 0.845. The van der Waals surface area contributed by atoms with E-state index < -0.39 is 0 Å². The number of ether oxygens (including phenoxy) is 1. The predicted octanol–water partition coefficient (Wildman–Crippen LogP) is 1.79. The molecule has 3 fully saturated rings. The van der Waals surface area contributed by atoms with Crippen LogP contribution in [0.15, 0.2) is 0 Å². The van der Waals surface area contributed by atoms with Crippen LogP contribution < -0.4 is 0 Å². The number of nitrogens with zero attached hydrogens (tertiary/aromatic N) is 1. The van der Waals surface area contributed by atoms with Gasteiger partial charge in [-0.05, 0) is 51.0 Å². The SMILES string of the molecule is OC[C@@]12CCCN1[C@H](COCC1CCC1)CC2. The third-order valence-corrected chi connectivity index (χ3v) is 5.22. The lowest BCUT2D eigenvalue weighted by molar-refractivity contribution is 0.0127. The van der Waals surface area contributed by atoms with E-state index in [1.807, 2.05) is 0 Å². The molecule has 2 heterocycles. The quantitative estimate of drug-likeness (QED) is 0.794. The number of hydrogen-bond acceptors (Lipinski definition) is 3. The number of aliphatic hydroxyl groups is 1. The molecule has 3 heteroatoms. The summed E-state index contributed by atoms with van der Waals surface area (Å²) in [5, 5.41) is 9.62. The molecule has 0 radical (unpaired) electrons. The fourth-order valence-electron chi connectivity index (χ4n) is 3.84. The maximum atomic E-state index is 9.62. The summed E-state index contributed by atoms with van der Waals surface area (Å²) in [6.45, 7) is 3.36. The van der Waals surface area contributed by atoms with Crippen LogP contribution in [0.4, 0.5) is 0 Å². The zero-order valence-corrected chi connectivity index (χ0v) is 10.7. The second kappa shape index (κ2) is 4.87. The lowest BCUT2D eigenvalue weighted by Gasteiger charge is -2.33. The Kier molecular flexibility index (Phi) is 3.42. The molecule has 0 spiro atoms. The van der Waals surface area contributed by atoms with Crippen molar-refractivity contribution in [2.45, 2.75) is 56.5 Å². The van der Waals surface area contributed by atoms with Crippen LogP contribution in [0.3, 0.4) is 0 Å². The zero-order chi connectivity index (χ0) is 11.7. The maximum Gasteiger partial charge on any atom is 0.0622 e. The van der Waals surface area contributed by atoms with Crippen molar-refractivity contribution in [2.75, 3.05) is 26.4 Å². The third-order valence-electron chi connectivity index (χ3n) is 5.22. The summed E-state index contributed by atoms with van der Waals surface area (Å²) in [6, 6.07) is 0.574. The molecule has 3 rings (SSSR count). The summed E-state index contributed by atoms with van der Waals surface area (Å²) in [5.41, 5.74) is 0.129. The first kappa shape index (κ1) is 11.9. The van der Waals surface area contributed by atoms with Crippen molar-refractivity contribution in [2.24, 2.45) is 5.92 Å². The van der Waals surface area contributed by atoms with Gasteiger partial charge in [0.05, 0.1) is 13.2 Å². The maximum absolute atomic E-state index is 9.62. The van der Waals surface area contributed by atoms with Gasteiger partial charge < -0.3 is 9.84 Å². The Morgan fingerprint density at radius 2 is 2.00 bits per heavy atom. The van der Waals surface area contributed by atoms with Gasteiger partial charge in [0.1, 0.15) is 0 Å². The first-order chi connectivity index (χ1) is 8.34. The van der Waals surface area contributed by atoms with Crippen molar-refractivity contribution in [3.8, 4) is 0 Å². The average Bonchev–Trinajstić information content (AvgIpc) is 2.81. The van der Waals surface area contributed by atoms with E-state index in [-0.39, 0.29) is 5.54 Å². The predicted molar refractivity (Wildman–Crippen MR) is 66.9 cm³/mol. The summed E-state index contributed by atoms with van der Waals surface area (Å²) in [4.78, 5) is 2.54. The minimum atomic E-state index is 0.129. The molecule has 0 aromatic rings. The van der Waals surface area contributed by atoms with Crippen LogP contribution in [0.25, 0.3) is 0 Å². The number of rotatable bonds is 5. The first-order valence-corrected chi connectivity index (χ1v) is 7.29. The fraction of sp³-hybridized carbons (Fsp3) is 1.00. The van der Waals surface area contributed by atoms with Crippen LogP contribution in [-0.4, -0.2) is 48.0 Å². The van der Waals surface area contributed by atoms with E-state index in [0.29, 0.717) is 12.6 Å². The molecule has 1 aliphatic carbocycles. The molecule has 2 saturated heterocycles. The standard InChI is InChI=1S/C14H25NO2/c16-11-14-6-2-8-15(14)13(5-7-14)10-17-9-12-3-1-4-12/h12-13,16H,1-11H2/t13-,14-/m0/s1. The molecule has 1 saturated carbocycles. The van der Waals surface area contributed by atoms with Crippen LogP contribution in [0.1, 0.15) is 44.9 Å². The van der Waals surface area contributed by atoms with Gasteiger partial charge in [0, 0.05) is 18.2 Å². The highest BCUT2D eigenvalue weighted by Crippen LogP contribution is 2.42. The van der Waals surface area contributed by atoms with Crippen LogP contribution in [0, 0.1) is 5.92 Å². The van der Waals surface area contributed by atoms with Gasteiger partial charge in [-0.1, -0.05) is 6.42 Å². The highest BCUT2D eigenvalue weighted by molar-refractivity contribution is 5.04. The van der Waals surface area contributed by atoms with Crippen molar-refractivity contribution in [1.29, 1.82) is 0 Å². The summed E-state index contributed by atoms with van der Waals surface area (Å²) >= 11 is 0. The molecule has 0 amide bonds. The van der Waals surface area contributed by atoms with E-state index in [0.717, 1.165) is 25.7 Å². The van der Waals surface area contributed by atoms with Gasteiger partial charge in [-0.3, -0.25) is 4.90 Å². The molecule has 98 valence electrons. The molecule has 3 aliphatic rings. The van der Waals surface area contributed by atoms with Crippen molar-refractivity contribution in [3.63, 3.8) is 0 Å². The average molecular weight is 239 g/mol. The largest absolute Gasteiger partial charge is 0.394 e. The molecule has 0 aromatic carbocycles. The minimum absolute atomic E-state index is 0.129. The van der Waals surface area contributed by atoms with Crippen LogP contribution >= 0.6 is 0 Å². The number of aliphatic hydroxyl groups excluding tert-OH is 1. The van der Waals surface area contributed by atoms with E-state index in [9.17, 15) is 5.11 Å². The van der Waals surface area contributed by atoms with Gasteiger partial charge in [-0.15, -0.1) is 0 Å². The smallest absolute Gasteiger partial charge is 0.0622 e. The van der Waals surface area contributed by atoms with E-state index in [1.54, 1.807) is 0 Å². The molecule has 0 aromatic heterocycles. The Labute approximate surface area is 104 Å². The van der Waals surface area contributed by atoms with Crippen molar-refractivity contribution >= 4 is 0 Å². The van der Waals surface area contributed by atoms with Gasteiger partial charge >= 0.3 is 0 Å². The highest BCUT2D eigenvalue weighted by atomic mass is 16.5. The second-order valence-corrected chi connectivity index (χ2v) is 6.21. The molecular weight excluding hydrogens is 214 g/mol. The van der Waals surface area contributed by atoms with Crippen molar-refractivity contribution in [3.05, 3.63) is 0 Å². The van der Waals surface area contributed by atoms with Crippen LogP contribution in [-0.2, 0) is 4.74 Å². The summed E-state index contributed by atoms with van der Waals surface area (Å²) in [7, 11) is 0. The highest BCUT2D eigenvalue weighted by Gasteiger charge is 2.48. The van der Waals surface area contributed by atoms with Gasteiger partial charge in [-0.25, -0.2) is 0 Å². The minimum Gasteiger partial charge on any atom is -0.394 e. The first-order valence-electron chi connectivity index (χ1n) is 7.29. The normalized spacial score (nSPS) is 38.3. The molecule has 1 N–H and O–H groups in total. The lowest BCUT2D eigenvalue weighted by atomic mass is 9.86. The van der Waals surface area contributed by atoms with E-state index in [4.69, 9.17) is 4.74 Å². The van der Waals surface area contributed by atoms with E-state index in [1.165, 1.54) is 44.9 Å². The summed E-state index contributed by atoms with van der Waals surface area (Å²) in [6.07, 6.45) is 8.95. The molecule has 0 bridgehead atoms. The van der Waals surface area contributed by atoms with Crippen LogP contribution in [0.2, 0.25) is 0 Å². The number of hydrogen-bond donors (Lipinski definition) is 1. The van der Waals surface area contributed by atoms with Gasteiger partial charge in [-0.2, -0.15) is 0 Å². The van der Waals surface area contributed by atoms with Gasteiger partial charge in [0.15, 0.2) is 0 Å². The van der Waals surface area contributed by atoms with Crippen molar-refractivity contribution in [1.82, 2.24) is 4.90 Å². The zero-order valence-electron chi connectivity index (χ0n) is 10.7. The molecule has 2 atom stereocenters. The molecular formula is C14H25NO2. The molecule has 17 heavy (non-hydrogen) atoms. The Morgan fingerprint density at radius 1 is 1.12 bits per heavy atom. The Morgan fingerprint density at radius 3 is 2.71 bits per heavy atom. The number of fused-ring (bicyclic) bond motifs is 1. The van der Waals surface area contributed by atoms with Crippen molar-refractivity contribution < 1.29 is 9.84 Å².